The molecule has 21 heavy (non-hydrogen) atoms. The molecule has 2 aromatic carbocycles. The van der Waals surface area contributed by atoms with Gasteiger partial charge in [-0.3, -0.25) is 0 Å². The summed E-state index contributed by atoms with van der Waals surface area (Å²) < 4.78 is 0. The average Bonchev–Trinajstić information content (AvgIpc) is 2.53. The van der Waals surface area contributed by atoms with Gasteiger partial charge in [-0.1, -0.05) is 42.5 Å². The van der Waals surface area contributed by atoms with Crippen LogP contribution in [-0.4, -0.2) is 25.2 Å². The largest absolute Gasteiger partial charge is 0.387 e. The van der Waals surface area contributed by atoms with Gasteiger partial charge in [0.15, 0.2) is 0 Å². The van der Waals surface area contributed by atoms with Gasteiger partial charge in [0.05, 0.1) is 6.10 Å². The van der Waals surface area contributed by atoms with E-state index in [1.165, 1.54) is 11.3 Å². The SMILES string of the molecule is C[C@H](NCc1ccc(N(C)C)cc1)[C@@H](O)c1ccccc1. The van der Waals surface area contributed by atoms with Crippen LogP contribution in [-0.2, 0) is 6.54 Å². The molecule has 0 aliphatic carbocycles. The van der Waals surface area contributed by atoms with E-state index in [-0.39, 0.29) is 6.04 Å². The second-order valence-electron chi connectivity index (χ2n) is 5.59. The van der Waals surface area contributed by atoms with E-state index in [1.807, 2.05) is 51.4 Å². The van der Waals surface area contributed by atoms with E-state index in [9.17, 15) is 5.11 Å². The summed E-state index contributed by atoms with van der Waals surface area (Å²) in [6, 6.07) is 18.2. The van der Waals surface area contributed by atoms with Crippen LogP contribution in [0.4, 0.5) is 5.69 Å². The zero-order valence-electron chi connectivity index (χ0n) is 13.0. The van der Waals surface area contributed by atoms with Crippen molar-refractivity contribution in [1.29, 1.82) is 0 Å². The molecule has 0 aromatic heterocycles. The molecular weight excluding hydrogens is 260 g/mol. The zero-order chi connectivity index (χ0) is 15.2. The quantitative estimate of drug-likeness (QED) is 0.856. The Labute approximate surface area is 127 Å². The molecule has 2 rings (SSSR count). The molecular formula is C18H24N2O. The van der Waals surface area contributed by atoms with E-state index >= 15 is 0 Å². The Hall–Kier alpha value is -1.84. The lowest BCUT2D eigenvalue weighted by atomic mass is 10.0. The fourth-order valence-corrected chi connectivity index (χ4v) is 2.24. The fourth-order valence-electron chi connectivity index (χ4n) is 2.24. The van der Waals surface area contributed by atoms with Crippen LogP contribution in [0.5, 0.6) is 0 Å². The Balaban J connectivity index is 1.90. The van der Waals surface area contributed by atoms with Crippen molar-refractivity contribution in [2.45, 2.75) is 25.6 Å². The molecule has 0 aliphatic rings. The summed E-state index contributed by atoms with van der Waals surface area (Å²) >= 11 is 0. The predicted octanol–water partition coefficient (Wildman–Crippen LogP) is 2.96. The molecule has 0 unspecified atom stereocenters. The first-order chi connectivity index (χ1) is 10.1. The van der Waals surface area contributed by atoms with Crippen molar-refractivity contribution in [1.82, 2.24) is 5.32 Å². The number of hydrogen-bond donors (Lipinski definition) is 2. The maximum atomic E-state index is 10.3. The molecule has 0 bridgehead atoms. The Morgan fingerprint density at radius 3 is 2.19 bits per heavy atom. The number of nitrogens with zero attached hydrogens (tertiary/aromatic N) is 1. The topological polar surface area (TPSA) is 35.5 Å². The van der Waals surface area contributed by atoms with Gasteiger partial charge in [0.2, 0.25) is 0 Å². The van der Waals surface area contributed by atoms with E-state index in [0.717, 1.165) is 12.1 Å². The van der Waals surface area contributed by atoms with Crippen molar-refractivity contribution >= 4 is 5.69 Å². The maximum absolute atomic E-state index is 10.3. The summed E-state index contributed by atoms with van der Waals surface area (Å²) in [5, 5.41) is 13.7. The Bertz CT molecular complexity index is 537. The lowest BCUT2D eigenvalue weighted by Gasteiger charge is -2.21. The van der Waals surface area contributed by atoms with Gasteiger partial charge < -0.3 is 15.3 Å². The first-order valence-electron chi connectivity index (χ1n) is 7.30. The van der Waals surface area contributed by atoms with E-state index in [2.05, 4.69) is 34.5 Å². The molecule has 0 fully saturated rings. The highest BCUT2D eigenvalue weighted by Gasteiger charge is 2.15. The van der Waals surface area contributed by atoms with Crippen LogP contribution in [0, 0.1) is 0 Å². The van der Waals surface area contributed by atoms with Crippen LogP contribution in [0.15, 0.2) is 54.6 Å². The lowest BCUT2D eigenvalue weighted by Crippen LogP contribution is -2.31. The van der Waals surface area contributed by atoms with Crippen LogP contribution in [0.2, 0.25) is 0 Å². The molecule has 0 heterocycles. The van der Waals surface area contributed by atoms with Gasteiger partial charge >= 0.3 is 0 Å². The Kier molecular flexibility index (Phi) is 5.37. The summed E-state index contributed by atoms with van der Waals surface area (Å²) in [6.45, 7) is 2.75. The minimum absolute atomic E-state index is 0.000857. The summed E-state index contributed by atoms with van der Waals surface area (Å²) in [5.41, 5.74) is 3.35. The number of nitrogens with one attached hydrogen (secondary N) is 1. The second kappa shape index (κ2) is 7.25. The third-order valence-corrected chi connectivity index (χ3v) is 3.70. The highest BCUT2D eigenvalue weighted by Crippen LogP contribution is 2.17. The number of rotatable bonds is 6. The molecule has 112 valence electrons. The third kappa shape index (κ3) is 4.31. The van der Waals surface area contributed by atoms with E-state index in [0.29, 0.717) is 0 Å². The van der Waals surface area contributed by atoms with Crippen molar-refractivity contribution in [3.63, 3.8) is 0 Å². The molecule has 3 nitrogen and oxygen atoms in total. The molecule has 0 aliphatic heterocycles. The normalized spacial score (nSPS) is 13.7. The van der Waals surface area contributed by atoms with E-state index < -0.39 is 6.10 Å². The highest BCUT2D eigenvalue weighted by atomic mass is 16.3. The van der Waals surface area contributed by atoms with Gasteiger partial charge in [-0.05, 0) is 30.2 Å². The van der Waals surface area contributed by atoms with Gasteiger partial charge in [0.1, 0.15) is 0 Å². The molecule has 2 aromatic rings. The Morgan fingerprint density at radius 1 is 1.00 bits per heavy atom. The number of aliphatic hydroxyl groups excluding tert-OH is 1. The average molecular weight is 284 g/mol. The van der Waals surface area contributed by atoms with Crippen LogP contribution < -0.4 is 10.2 Å². The molecule has 0 radical (unpaired) electrons. The number of anilines is 1. The molecule has 2 N–H and O–H groups in total. The monoisotopic (exact) mass is 284 g/mol. The summed E-state index contributed by atoms with van der Waals surface area (Å²) in [7, 11) is 4.07. The highest BCUT2D eigenvalue weighted by molar-refractivity contribution is 5.45. The molecule has 0 spiro atoms. The smallest absolute Gasteiger partial charge is 0.0940 e. The van der Waals surface area contributed by atoms with Crippen molar-refractivity contribution < 1.29 is 5.11 Å². The van der Waals surface area contributed by atoms with Gasteiger partial charge in [0, 0.05) is 32.4 Å². The molecule has 0 saturated carbocycles. The summed E-state index contributed by atoms with van der Waals surface area (Å²) in [5.74, 6) is 0. The van der Waals surface area contributed by atoms with Gasteiger partial charge in [-0.15, -0.1) is 0 Å². The van der Waals surface area contributed by atoms with Crippen LogP contribution in [0.25, 0.3) is 0 Å². The minimum atomic E-state index is -0.493. The standard InChI is InChI=1S/C18H24N2O/c1-14(18(21)16-7-5-4-6-8-16)19-13-15-9-11-17(12-10-15)20(2)3/h4-12,14,18-19,21H,13H2,1-3H3/t14-,18+/m0/s1. The molecule has 3 heteroatoms. The van der Waals surface area contributed by atoms with Crippen molar-refractivity contribution in [3.8, 4) is 0 Å². The molecule has 2 atom stereocenters. The minimum Gasteiger partial charge on any atom is -0.387 e. The van der Waals surface area contributed by atoms with Gasteiger partial charge in [-0.25, -0.2) is 0 Å². The first kappa shape index (κ1) is 15.5. The zero-order valence-corrected chi connectivity index (χ0v) is 13.0. The van der Waals surface area contributed by atoms with Crippen LogP contribution in [0.3, 0.4) is 0 Å². The number of aliphatic hydroxyl groups is 1. The van der Waals surface area contributed by atoms with Crippen molar-refractivity contribution in [2.75, 3.05) is 19.0 Å². The number of benzene rings is 2. The van der Waals surface area contributed by atoms with Crippen molar-refractivity contribution in [2.24, 2.45) is 0 Å². The number of hydrogen-bond acceptors (Lipinski definition) is 3. The summed E-state index contributed by atoms with van der Waals surface area (Å²) in [4.78, 5) is 2.08. The van der Waals surface area contributed by atoms with Gasteiger partial charge in [0.25, 0.3) is 0 Å². The second-order valence-corrected chi connectivity index (χ2v) is 5.59. The Morgan fingerprint density at radius 2 is 1.62 bits per heavy atom. The molecule has 0 amide bonds. The van der Waals surface area contributed by atoms with E-state index in [4.69, 9.17) is 0 Å². The maximum Gasteiger partial charge on any atom is 0.0940 e. The van der Waals surface area contributed by atoms with Gasteiger partial charge in [-0.2, -0.15) is 0 Å². The first-order valence-corrected chi connectivity index (χ1v) is 7.30. The lowest BCUT2D eigenvalue weighted by molar-refractivity contribution is 0.135. The molecule has 0 saturated heterocycles. The fraction of sp³-hybridized carbons (Fsp3) is 0.333. The van der Waals surface area contributed by atoms with Crippen molar-refractivity contribution in [3.05, 3.63) is 65.7 Å². The van der Waals surface area contributed by atoms with Crippen LogP contribution in [0.1, 0.15) is 24.2 Å². The predicted molar refractivity (Wildman–Crippen MR) is 88.5 cm³/mol. The van der Waals surface area contributed by atoms with E-state index in [1.54, 1.807) is 0 Å². The van der Waals surface area contributed by atoms with Crippen LogP contribution >= 0.6 is 0 Å². The summed E-state index contributed by atoms with van der Waals surface area (Å²) in [6.07, 6.45) is -0.493. The third-order valence-electron chi connectivity index (χ3n) is 3.70.